The molecule has 4 heteroatoms. The van der Waals surface area contributed by atoms with Gasteiger partial charge >= 0.3 is 0 Å². The summed E-state index contributed by atoms with van der Waals surface area (Å²) in [4.78, 5) is 14.9. The highest BCUT2D eigenvalue weighted by Crippen LogP contribution is 2.55. The predicted molar refractivity (Wildman–Crippen MR) is 52.9 cm³/mol. The fourth-order valence-corrected chi connectivity index (χ4v) is 2.85. The van der Waals surface area contributed by atoms with Crippen LogP contribution < -0.4 is 10.6 Å². The Balaban J connectivity index is 1.47. The van der Waals surface area contributed by atoms with Gasteiger partial charge in [0.15, 0.2) is 6.29 Å². The molecule has 0 saturated heterocycles. The van der Waals surface area contributed by atoms with Crippen molar-refractivity contribution in [2.24, 2.45) is 10.4 Å². The van der Waals surface area contributed by atoms with Gasteiger partial charge in [0, 0.05) is 6.04 Å². The van der Waals surface area contributed by atoms with Crippen molar-refractivity contribution in [1.29, 1.82) is 0 Å². The van der Waals surface area contributed by atoms with Crippen molar-refractivity contribution in [2.45, 2.75) is 44.4 Å². The molecule has 76 valence electrons. The predicted octanol–water partition coefficient (Wildman–Crippen LogP) is 0.393. The first-order chi connectivity index (χ1) is 6.76. The Morgan fingerprint density at radius 1 is 1.50 bits per heavy atom. The van der Waals surface area contributed by atoms with Gasteiger partial charge in [-0.3, -0.25) is 10.1 Å². The second kappa shape index (κ2) is 2.79. The first-order valence-corrected chi connectivity index (χ1v) is 5.36. The summed E-state index contributed by atoms with van der Waals surface area (Å²) >= 11 is 0. The molecule has 0 radical (unpaired) electrons. The first-order valence-electron chi connectivity index (χ1n) is 5.36. The van der Waals surface area contributed by atoms with Gasteiger partial charge in [0.05, 0.1) is 6.21 Å². The van der Waals surface area contributed by atoms with E-state index in [1.165, 1.54) is 38.3 Å². The van der Waals surface area contributed by atoms with E-state index in [0.29, 0.717) is 11.5 Å². The third-order valence-electron chi connectivity index (χ3n) is 3.79. The van der Waals surface area contributed by atoms with Crippen molar-refractivity contribution in [2.75, 3.05) is 0 Å². The van der Waals surface area contributed by atoms with Gasteiger partial charge in [-0.05, 0) is 31.1 Å². The average Bonchev–Trinajstić information content (AvgIpc) is 2.39. The van der Waals surface area contributed by atoms with Crippen LogP contribution in [0.5, 0.6) is 0 Å². The van der Waals surface area contributed by atoms with Crippen LogP contribution in [-0.4, -0.2) is 24.5 Å². The zero-order chi connectivity index (χ0) is 9.60. The van der Waals surface area contributed by atoms with E-state index in [9.17, 15) is 4.79 Å². The van der Waals surface area contributed by atoms with E-state index in [0.717, 1.165) is 0 Å². The van der Waals surface area contributed by atoms with Crippen molar-refractivity contribution >= 4 is 12.1 Å². The number of hydrogen-bond acceptors (Lipinski definition) is 3. The first kappa shape index (κ1) is 8.41. The van der Waals surface area contributed by atoms with Gasteiger partial charge in [-0.15, -0.1) is 0 Å². The largest absolute Gasteiger partial charge is 0.317 e. The van der Waals surface area contributed by atoms with Crippen LogP contribution in [0, 0.1) is 5.41 Å². The molecule has 2 fully saturated rings. The normalized spacial score (nSPS) is 34.0. The number of nitrogens with one attached hydrogen (secondary N) is 2. The highest BCUT2D eigenvalue weighted by atomic mass is 16.2. The van der Waals surface area contributed by atoms with Gasteiger partial charge in [0.1, 0.15) is 0 Å². The molecule has 4 nitrogen and oxygen atoms in total. The molecule has 1 amide bonds. The van der Waals surface area contributed by atoms with E-state index in [-0.39, 0.29) is 12.2 Å². The summed E-state index contributed by atoms with van der Waals surface area (Å²) < 4.78 is 0. The lowest BCUT2D eigenvalue weighted by Crippen LogP contribution is -2.56. The Bertz CT molecular complexity index is 288. The highest BCUT2D eigenvalue weighted by Gasteiger charge is 2.48. The van der Waals surface area contributed by atoms with Gasteiger partial charge in [0.25, 0.3) is 5.91 Å². The van der Waals surface area contributed by atoms with Crippen LogP contribution in [0.25, 0.3) is 0 Å². The zero-order valence-corrected chi connectivity index (χ0v) is 8.12. The molecule has 3 rings (SSSR count). The summed E-state index contributed by atoms with van der Waals surface area (Å²) in [5, 5.41) is 6.08. The molecule has 1 aliphatic heterocycles. The third kappa shape index (κ3) is 1.25. The number of rotatable bonds is 2. The van der Waals surface area contributed by atoms with Crippen molar-refractivity contribution in [3.63, 3.8) is 0 Å². The minimum absolute atomic E-state index is 0.0832. The fraction of sp³-hybridized carbons (Fsp3) is 0.800. The Kier molecular flexibility index (Phi) is 1.68. The van der Waals surface area contributed by atoms with Crippen LogP contribution in [0.15, 0.2) is 4.99 Å². The molecular formula is C10H15N3O. The van der Waals surface area contributed by atoms with Crippen molar-refractivity contribution in [1.82, 2.24) is 10.6 Å². The molecule has 1 spiro atoms. The van der Waals surface area contributed by atoms with Crippen LogP contribution in [0.1, 0.15) is 32.1 Å². The fourth-order valence-electron chi connectivity index (χ4n) is 2.85. The lowest BCUT2D eigenvalue weighted by Gasteiger charge is -2.54. The Morgan fingerprint density at radius 3 is 2.79 bits per heavy atom. The van der Waals surface area contributed by atoms with Crippen molar-refractivity contribution in [3.8, 4) is 0 Å². The summed E-state index contributed by atoms with van der Waals surface area (Å²) in [6.07, 6.45) is 7.96. The maximum Gasteiger partial charge on any atom is 0.264 e. The average molecular weight is 193 g/mol. The molecule has 1 heterocycles. The molecule has 2 N–H and O–H groups in total. The molecule has 3 aliphatic rings. The van der Waals surface area contributed by atoms with Gasteiger partial charge in [-0.25, -0.2) is 4.99 Å². The van der Waals surface area contributed by atoms with Crippen molar-refractivity contribution < 1.29 is 4.79 Å². The lowest BCUT2D eigenvalue weighted by atomic mass is 9.54. The van der Waals surface area contributed by atoms with E-state index in [2.05, 4.69) is 15.6 Å². The zero-order valence-electron chi connectivity index (χ0n) is 8.12. The number of nitrogens with zero attached hydrogens (tertiary/aromatic N) is 1. The standard InChI is InChI=1S/C10H15N3O/c14-8-6-11-9(13-8)12-7-4-10(5-7)2-1-3-10/h6-7,9,12H,1-5H2,(H,13,14). The maximum absolute atomic E-state index is 10.8. The number of carbonyl (C=O) groups is 1. The SMILES string of the molecule is O=C1C=NC(NC2CC3(CCC3)C2)N1. The van der Waals surface area contributed by atoms with Gasteiger partial charge in [0.2, 0.25) is 0 Å². The Labute approximate surface area is 83.2 Å². The Morgan fingerprint density at radius 2 is 2.29 bits per heavy atom. The van der Waals surface area contributed by atoms with E-state index in [4.69, 9.17) is 0 Å². The number of aliphatic imine (C=N–C) groups is 1. The van der Waals surface area contributed by atoms with Crippen LogP contribution in [0.3, 0.4) is 0 Å². The van der Waals surface area contributed by atoms with Crippen LogP contribution in [0.2, 0.25) is 0 Å². The topological polar surface area (TPSA) is 53.5 Å². The second-order valence-electron chi connectivity index (χ2n) is 4.81. The molecule has 0 aromatic carbocycles. The third-order valence-corrected chi connectivity index (χ3v) is 3.79. The minimum atomic E-state index is -0.162. The summed E-state index contributed by atoms with van der Waals surface area (Å²) in [6.45, 7) is 0. The van der Waals surface area contributed by atoms with Gasteiger partial charge in [-0.1, -0.05) is 6.42 Å². The summed E-state index contributed by atoms with van der Waals surface area (Å²) in [6, 6.07) is 0.566. The number of carbonyl (C=O) groups excluding carboxylic acids is 1. The van der Waals surface area contributed by atoms with Gasteiger partial charge in [-0.2, -0.15) is 0 Å². The summed E-state index contributed by atoms with van der Waals surface area (Å²) in [5.74, 6) is -0.0832. The van der Waals surface area contributed by atoms with E-state index in [1.54, 1.807) is 0 Å². The molecule has 0 aromatic rings. The monoisotopic (exact) mass is 193 g/mol. The van der Waals surface area contributed by atoms with E-state index in [1.807, 2.05) is 0 Å². The molecular weight excluding hydrogens is 178 g/mol. The summed E-state index contributed by atoms with van der Waals surface area (Å²) in [5.41, 5.74) is 0.685. The second-order valence-corrected chi connectivity index (χ2v) is 4.81. The number of amides is 1. The minimum Gasteiger partial charge on any atom is -0.317 e. The van der Waals surface area contributed by atoms with Crippen LogP contribution in [0.4, 0.5) is 0 Å². The van der Waals surface area contributed by atoms with E-state index >= 15 is 0 Å². The molecule has 1 atom stereocenters. The lowest BCUT2D eigenvalue weighted by molar-refractivity contribution is -0.114. The Hall–Kier alpha value is -0.900. The smallest absolute Gasteiger partial charge is 0.264 e. The molecule has 1 unspecified atom stereocenters. The van der Waals surface area contributed by atoms with E-state index < -0.39 is 0 Å². The molecule has 0 aromatic heterocycles. The summed E-state index contributed by atoms with van der Waals surface area (Å²) in [7, 11) is 0. The molecule has 0 bridgehead atoms. The van der Waals surface area contributed by atoms with Gasteiger partial charge < -0.3 is 5.32 Å². The molecule has 14 heavy (non-hydrogen) atoms. The maximum atomic E-state index is 10.8. The quantitative estimate of drug-likeness (QED) is 0.666. The van der Waals surface area contributed by atoms with Crippen LogP contribution >= 0.6 is 0 Å². The van der Waals surface area contributed by atoms with Crippen molar-refractivity contribution in [3.05, 3.63) is 0 Å². The number of hydrogen-bond donors (Lipinski definition) is 2. The van der Waals surface area contributed by atoms with Crippen LogP contribution in [-0.2, 0) is 4.79 Å². The molecule has 2 aliphatic carbocycles. The molecule has 2 saturated carbocycles. The highest BCUT2D eigenvalue weighted by molar-refractivity contribution is 6.27.